The first-order valence-electron chi connectivity index (χ1n) is 11.2. The van der Waals surface area contributed by atoms with E-state index in [0.717, 1.165) is 16.5 Å². The van der Waals surface area contributed by atoms with E-state index >= 15 is 0 Å². The lowest BCUT2D eigenvalue weighted by atomic mass is 9.84. The maximum Gasteiger partial charge on any atom is 0.303 e. The number of carbonyl (C=O) groups is 1. The van der Waals surface area contributed by atoms with Gasteiger partial charge in [0.25, 0.3) is 5.56 Å². The first-order chi connectivity index (χ1) is 16.2. The van der Waals surface area contributed by atoms with E-state index in [1.165, 1.54) is 6.92 Å². The van der Waals surface area contributed by atoms with Gasteiger partial charge in [-0.05, 0) is 44.8 Å². The van der Waals surface area contributed by atoms with Crippen molar-refractivity contribution in [3.8, 4) is 17.1 Å². The Bertz CT molecular complexity index is 1400. The molecule has 2 atom stereocenters. The Kier molecular flexibility index (Phi) is 5.23. The highest BCUT2D eigenvalue weighted by molar-refractivity contribution is 5.88. The highest BCUT2D eigenvalue weighted by Crippen LogP contribution is 2.43. The number of fused-ring (bicyclic) bond motifs is 5. The first kappa shape index (κ1) is 22.5. The van der Waals surface area contributed by atoms with Crippen LogP contribution in [-0.2, 0) is 39.6 Å². The molecule has 1 unspecified atom stereocenters. The minimum atomic E-state index is -1.47. The number of hydrogen-bond acceptors (Lipinski definition) is 8. The Labute approximate surface area is 196 Å². The number of ether oxygens (including phenoxy) is 2. The van der Waals surface area contributed by atoms with Gasteiger partial charge in [-0.1, -0.05) is 6.92 Å². The summed E-state index contributed by atoms with van der Waals surface area (Å²) in [5.41, 5.74) is 2.67. The SMILES string of the molecule is CC[C@]1(OC(C)=O)c2cc3n(c(=O)c2COC1O)Cc1cc2c(CN(C)C)c(O)ccc2nc1-3. The number of carbonyl (C=O) groups excluding carboxylic acids is 1. The molecule has 34 heavy (non-hydrogen) atoms. The van der Waals surface area contributed by atoms with Crippen molar-refractivity contribution < 1.29 is 24.5 Å². The van der Waals surface area contributed by atoms with Crippen LogP contribution in [0.2, 0.25) is 0 Å². The predicted molar refractivity (Wildman–Crippen MR) is 124 cm³/mol. The standard InChI is InChI=1S/C25H27N3O6/c1-5-25(34-13(2)29)18-9-20-22-14(10-28(20)23(31)17(18)12-33-24(25)32)8-15-16(11-27(3)4)21(30)7-6-19(15)26-22/h6-9,24,30,32H,5,10-12H2,1-4H3/t24?,25-/m0/s1. The molecule has 5 rings (SSSR count). The number of hydrogen-bond donors (Lipinski definition) is 2. The summed E-state index contributed by atoms with van der Waals surface area (Å²) in [6, 6.07) is 7.16. The summed E-state index contributed by atoms with van der Waals surface area (Å²) in [5.74, 6) is -0.373. The second kappa shape index (κ2) is 7.90. The maximum atomic E-state index is 13.5. The number of rotatable bonds is 4. The van der Waals surface area contributed by atoms with Crippen LogP contribution in [0.1, 0.15) is 42.5 Å². The van der Waals surface area contributed by atoms with Crippen LogP contribution in [0.4, 0.5) is 0 Å². The van der Waals surface area contributed by atoms with E-state index in [4.69, 9.17) is 14.5 Å². The molecule has 0 saturated carbocycles. The number of esters is 1. The highest BCUT2D eigenvalue weighted by atomic mass is 16.7. The van der Waals surface area contributed by atoms with Crippen molar-refractivity contribution in [3.63, 3.8) is 0 Å². The summed E-state index contributed by atoms with van der Waals surface area (Å²) >= 11 is 0. The minimum Gasteiger partial charge on any atom is -0.508 e. The number of pyridine rings is 2. The number of aromatic hydroxyl groups is 1. The summed E-state index contributed by atoms with van der Waals surface area (Å²) < 4.78 is 12.7. The molecule has 0 spiro atoms. The van der Waals surface area contributed by atoms with Crippen molar-refractivity contribution in [1.82, 2.24) is 14.5 Å². The molecular weight excluding hydrogens is 438 g/mol. The number of phenols is 1. The van der Waals surface area contributed by atoms with Gasteiger partial charge in [0.2, 0.25) is 0 Å². The van der Waals surface area contributed by atoms with E-state index < -0.39 is 17.9 Å². The predicted octanol–water partition coefficient (Wildman–Crippen LogP) is 2.21. The molecule has 9 heteroatoms. The van der Waals surface area contributed by atoms with Crippen molar-refractivity contribution in [2.75, 3.05) is 14.1 Å². The maximum absolute atomic E-state index is 13.5. The molecular formula is C25H27N3O6. The molecule has 0 bridgehead atoms. The summed E-state index contributed by atoms with van der Waals surface area (Å²) in [6.07, 6.45) is -1.16. The van der Waals surface area contributed by atoms with E-state index in [2.05, 4.69) is 0 Å². The summed E-state index contributed by atoms with van der Waals surface area (Å²) in [6.45, 7) is 3.83. The molecule has 2 aromatic heterocycles. The van der Waals surface area contributed by atoms with Crippen LogP contribution in [0.5, 0.6) is 5.75 Å². The third-order valence-electron chi connectivity index (χ3n) is 6.70. The van der Waals surface area contributed by atoms with Gasteiger partial charge in [-0.25, -0.2) is 4.98 Å². The van der Waals surface area contributed by atoms with Crippen molar-refractivity contribution in [1.29, 1.82) is 0 Å². The molecule has 9 nitrogen and oxygen atoms in total. The second-order valence-corrected chi connectivity index (χ2v) is 9.18. The Morgan fingerprint density at radius 3 is 2.79 bits per heavy atom. The lowest BCUT2D eigenvalue weighted by molar-refractivity contribution is -0.249. The van der Waals surface area contributed by atoms with Crippen LogP contribution in [0.15, 0.2) is 29.1 Å². The Morgan fingerprint density at radius 1 is 1.35 bits per heavy atom. The molecule has 0 fully saturated rings. The van der Waals surface area contributed by atoms with Crippen LogP contribution < -0.4 is 5.56 Å². The fraction of sp³-hybridized carbons (Fsp3) is 0.400. The van der Waals surface area contributed by atoms with Crippen LogP contribution in [0, 0.1) is 0 Å². The lowest BCUT2D eigenvalue weighted by Crippen LogP contribution is -2.50. The zero-order chi connectivity index (χ0) is 24.4. The van der Waals surface area contributed by atoms with Gasteiger partial charge in [-0.15, -0.1) is 0 Å². The number of benzene rings is 1. The third-order valence-corrected chi connectivity index (χ3v) is 6.70. The van der Waals surface area contributed by atoms with Crippen LogP contribution in [-0.4, -0.2) is 51.0 Å². The molecule has 2 N–H and O–H groups in total. The van der Waals surface area contributed by atoms with E-state index in [-0.39, 0.29) is 24.3 Å². The molecule has 2 aliphatic heterocycles. The van der Waals surface area contributed by atoms with Crippen molar-refractivity contribution >= 4 is 16.9 Å². The largest absolute Gasteiger partial charge is 0.508 e. The van der Waals surface area contributed by atoms with Crippen LogP contribution in [0.25, 0.3) is 22.3 Å². The quantitative estimate of drug-likeness (QED) is 0.441. The molecule has 0 radical (unpaired) electrons. The summed E-state index contributed by atoms with van der Waals surface area (Å²) in [5, 5.41) is 22.0. The first-order valence-corrected chi connectivity index (χ1v) is 11.2. The molecule has 0 amide bonds. The average molecular weight is 466 g/mol. The van der Waals surface area contributed by atoms with Crippen molar-refractivity contribution in [3.05, 3.63) is 56.9 Å². The molecule has 1 aromatic carbocycles. The highest BCUT2D eigenvalue weighted by Gasteiger charge is 2.48. The third kappa shape index (κ3) is 3.23. The average Bonchev–Trinajstić information content (AvgIpc) is 3.14. The van der Waals surface area contributed by atoms with Crippen molar-refractivity contribution in [2.24, 2.45) is 0 Å². The lowest BCUT2D eigenvalue weighted by Gasteiger charge is -2.40. The van der Waals surface area contributed by atoms with Gasteiger partial charge in [0.1, 0.15) is 5.75 Å². The fourth-order valence-corrected chi connectivity index (χ4v) is 5.12. The summed E-state index contributed by atoms with van der Waals surface area (Å²) in [7, 11) is 3.86. The number of aliphatic hydroxyl groups excluding tert-OH is 1. The number of aromatic nitrogens is 2. The van der Waals surface area contributed by atoms with Gasteiger partial charge < -0.3 is 29.2 Å². The van der Waals surface area contributed by atoms with E-state index in [0.29, 0.717) is 41.1 Å². The number of aliphatic hydroxyl groups is 1. The normalized spacial score (nSPS) is 20.8. The molecule has 4 heterocycles. The molecule has 3 aromatic rings. The van der Waals surface area contributed by atoms with Gasteiger partial charge in [-0.2, -0.15) is 0 Å². The van der Waals surface area contributed by atoms with Gasteiger partial charge in [0.15, 0.2) is 11.9 Å². The molecule has 0 aliphatic carbocycles. The minimum absolute atomic E-state index is 0.0781. The summed E-state index contributed by atoms with van der Waals surface area (Å²) in [4.78, 5) is 32.3. The Balaban J connectivity index is 1.74. The number of nitrogens with zero attached hydrogens (tertiary/aromatic N) is 3. The van der Waals surface area contributed by atoms with Crippen molar-refractivity contribution in [2.45, 2.75) is 51.9 Å². The Morgan fingerprint density at radius 2 is 2.12 bits per heavy atom. The van der Waals surface area contributed by atoms with E-state index in [1.807, 2.05) is 25.1 Å². The van der Waals surface area contributed by atoms with Gasteiger partial charge in [-0.3, -0.25) is 9.59 Å². The molecule has 2 aliphatic rings. The van der Waals surface area contributed by atoms with E-state index in [9.17, 15) is 19.8 Å². The zero-order valence-corrected chi connectivity index (χ0v) is 19.6. The Hall–Kier alpha value is -3.27. The van der Waals surface area contributed by atoms with E-state index in [1.54, 1.807) is 29.7 Å². The fourth-order valence-electron chi connectivity index (χ4n) is 5.12. The van der Waals surface area contributed by atoms with Crippen LogP contribution in [0.3, 0.4) is 0 Å². The zero-order valence-electron chi connectivity index (χ0n) is 19.6. The topological polar surface area (TPSA) is 114 Å². The van der Waals surface area contributed by atoms with Gasteiger partial charge >= 0.3 is 5.97 Å². The van der Waals surface area contributed by atoms with Gasteiger partial charge in [0, 0.05) is 35.5 Å². The van der Waals surface area contributed by atoms with Crippen LogP contribution >= 0.6 is 0 Å². The smallest absolute Gasteiger partial charge is 0.303 e. The number of phenolic OH excluding ortho intramolecular Hbond substituents is 1. The van der Waals surface area contributed by atoms with Gasteiger partial charge in [0.05, 0.1) is 35.6 Å². The molecule has 0 saturated heterocycles. The molecule has 178 valence electrons. The second-order valence-electron chi connectivity index (χ2n) is 9.18. The monoisotopic (exact) mass is 465 g/mol.